The van der Waals surface area contributed by atoms with E-state index in [1.165, 1.54) is 0 Å². The molecule has 0 saturated carbocycles. The lowest BCUT2D eigenvalue weighted by molar-refractivity contribution is 0.356. The first-order valence-corrected chi connectivity index (χ1v) is 7.85. The molecule has 0 spiro atoms. The van der Waals surface area contributed by atoms with Gasteiger partial charge in [-0.3, -0.25) is 0 Å². The average molecular weight is 292 g/mol. The molecule has 0 aliphatic carbocycles. The number of hydrogen-bond acceptors (Lipinski definition) is 5. The first kappa shape index (κ1) is 14.8. The Morgan fingerprint density at radius 3 is 2.60 bits per heavy atom. The van der Waals surface area contributed by atoms with Gasteiger partial charge in [-0.05, 0) is 36.8 Å². The Kier molecular flexibility index (Phi) is 4.95. The molecule has 1 unspecified atom stereocenters. The van der Waals surface area contributed by atoms with E-state index in [1.54, 1.807) is 14.2 Å². The van der Waals surface area contributed by atoms with Crippen LogP contribution in [0.4, 0.5) is 5.82 Å². The van der Waals surface area contributed by atoms with Crippen molar-refractivity contribution in [1.82, 2.24) is 4.98 Å². The number of rotatable bonds is 6. The zero-order valence-corrected chi connectivity index (χ0v) is 13.1. The maximum Gasteiger partial charge on any atom is 0.161 e. The van der Waals surface area contributed by atoms with Gasteiger partial charge in [-0.2, -0.15) is 11.8 Å². The lowest BCUT2D eigenvalue weighted by Crippen LogP contribution is -2.18. The van der Waals surface area contributed by atoms with Gasteiger partial charge in [-0.15, -0.1) is 0 Å². The van der Waals surface area contributed by atoms with E-state index in [9.17, 15) is 0 Å². The molecule has 2 aromatic rings. The molecule has 1 atom stereocenters. The van der Waals surface area contributed by atoms with Crippen LogP contribution in [0.15, 0.2) is 24.4 Å². The Bertz CT molecular complexity index is 589. The van der Waals surface area contributed by atoms with Crippen molar-refractivity contribution < 1.29 is 9.47 Å². The topological polar surface area (TPSA) is 43.4 Å². The van der Waals surface area contributed by atoms with Crippen LogP contribution in [0, 0.1) is 0 Å². The molecule has 2 rings (SSSR count). The maximum atomic E-state index is 5.37. The predicted molar refractivity (Wildman–Crippen MR) is 86.3 cm³/mol. The molecule has 20 heavy (non-hydrogen) atoms. The number of ether oxygens (including phenoxy) is 2. The largest absolute Gasteiger partial charge is 0.493 e. The van der Waals surface area contributed by atoms with Gasteiger partial charge in [0.1, 0.15) is 5.82 Å². The van der Waals surface area contributed by atoms with Gasteiger partial charge in [-0.1, -0.05) is 0 Å². The SMILES string of the molecule is COc1cc2ccnc(NC(C)CSC)c2cc1OC. The normalized spacial score (nSPS) is 12.2. The highest BCUT2D eigenvalue weighted by Crippen LogP contribution is 2.34. The van der Waals surface area contributed by atoms with E-state index in [4.69, 9.17) is 9.47 Å². The van der Waals surface area contributed by atoms with Crippen LogP contribution >= 0.6 is 11.8 Å². The summed E-state index contributed by atoms with van der Waals surface area (Å²) in [6, 6.07) is 6.27. The minimum atomic E-state index is 0.358. The maximum absolute atomic E-state index is 5.37. The van der Waals surface area contributed by atoms with E-state index in [-0.39, 0.29) is 0 Å². The summed E-state index contributed by atoms with van der Waals surface area (Å²) in [5, 5.41) is 5.57. The lowest BCUT2D eigenvalue weighted by Gasteiger charge is -2.16. The Labute approximate surface area is 123 Å². The summed E-state index contributed by atoms with van der Waals surface area (Å²) >= 11 is 1.81. The predicted octanol–water partition coefficient (Wildman–Crippen LogP) is 3.42. The fraction of sp³-hybridized carbons (Fsp3) is 0.400. The molecule has 5 heteroatoms. The van der Waals surface area contributed by atoms with Gasteiger partial charge in [0.25, 0.3) is 0 Å². The Hall–Kier alpha value is -1.62. The molecule has 1 aromatic carbocycles. The third kappa shape index (κ3) is 3.10. The third-order valence-corrected chi connectivity index (χ3v) is 3.90. The molecule has 0 saturated heterocycles. The van der Waals surface area contributed by atoms with Gasteiger partial charge in [0.05, 0.1) is 14.2 Å². The molecule has 0 radical (unpaired) electrons. The van der Waals surface area contributed by atoms with Crippen LogP contribution in [0.2, 0.25) is 0 Å². The van der Waals surface area contributed by atoms with Crippen molar-refractivity contribution in [3.05, 3.63) is 24.4 Å². The average Bonchev–Trinajstić information content (AvgIpc) is 2.46. The van der Waals surface area contributed by atoms with E-state index in [0.717, 1.165) is 28.1 Å². The Morgan fingerprint density at radius 2 is 1.95 bits per heavy atom. The number of thioether (sulfide) groups is 1. The highest BCUT2D eigenvalue weighted by atomic mass is 32.2. The first-order chi connectivity index (χ1) is 9.69. The fourth-order valence-corrected chi connectivity index (χ4v) is 2.72. The van der Waals surface area contributed by atoms with Gasteiger partial charge in [-0.25, -0.2) is 4.98 Å². The van der Waals surface area contributed by atoms with E-state index in [1.807, 2.05) is 36.2 Å². The third-order valence-electron chi connectivity index (χ3n) is 3.07. The highest BCUT2D eigenvalue weighted by molar-refractivity contribution is 7.98. The molecule has 0 amide bonds. The number of methoxy groups -OCH3 is 2. The summed E-state index contributed by atoms with van der Waals surface area (Å²) in [7, 11) is 3.29. The van der Waals surface area contributed by atoms with Gasteiger partial charge < -0.3 is 14.8 Å². The quantitative estimate of drug-likeness (QED) is 0.883. The molecule has 4 nitrogen and oxygen atoms in total. The van der Waals surface area contributed by atoms with Crippen LogP contribution in [-0.4, -0.2) is 37.3 Å². The Balaban J connectivity index is 2.45. The molecule has 0 fully saturated rings. The van der Waals surface area contributed by atoms with Gasteiger partial charge in [0.2, 0.25) is 0 Å². The zero-order valence-electron chi connectivity index (χ0n) is 12.3. The number of anilines is 1. The molecule has 1 N–H and O–H groups in total. The van der Waals surface area contributed by atoms with Crippen molar-refractivity contribution >= 4 is 28.4 Å². The van der Waals surface area contributed by atoms with E-state index in [2.05, 4.69) is 23.5 Å². The summed E-state index contributed by atoms with van der Waals surface area (Å²) in [6.45, 7) is 2.15. The van der Waals surface area contributed by atoms with Crippen LogP contribution in [-0.2, 0) is 0 Å². The second kappa shape index (κ2) is 6.70. The summed E-state index contributed by atoms with van der Waals surface area (Å²) < 4.78 is 10.7. The van der Waals surface area contributed by atoms with Crippen LogP contribution in [0.5, 0.6) is 11.5 Å². The van der Waals surface area contributed by atoms with Gasteiger partial charge in [0.15, 0.2) is 11.5 Å². The van der Waals surface area contributed by atoms with Crippen molar-refractivity contribution in [3.63, 3.8) is 0 Å². The van der Waals surface area contributed by atoms with Crippen molar-refractivity contribution in [2.45, 2.75) is 13.0 Å². The number of nitrogens with zero attached hydrogens (tertiary/aromatic N) is 1. The number of nitrogens with one attached hydrogen (secondary N) is 1. The van der Waals surface area contributed by atoms with Crippen molar-refractivity contribution in [2.24, 2.45) is 0 Å². The molecule has 0 aliphatic heterocycles. The molecular weight excluding hydrogens is 272 g/mol. The second-order valence-corrected chi connectivity index (χ2v) is 5.50. The number of benzene rings is 1. The standard InChI is InChI=1S/C15H20N2O2S/c1-10(9-20-4)17-15-12-8-14(19-3)13(18-2)7-11(12)5-6-16-15/h5-8,10H,9H2,1-4H3,(H,16,17). The molecule has 0 bridgehead atoms. The first-order valence-electron chi connectivity index (χ1n) is 6.45. The molecular formula is C15H20N2O2S. The molecule has 108 valence electrons. The van der Waals surface area contributed by atoms with Crippen molar-refractivity contribution in [1.29, 1.82) is 0 Å². The smallest absolute Gasteiger partial charge is 0.161 e. The van der Waals surface area contributed by atoms with Crippen molar-refractivity contribution in [2.75, 3.05) is 31.5 Å². The van der Waals surface area contributed by atoms with Gasteiger partial charge in [0, 0.05) is 23.4 Å². The second-order valence-electron chi connectivity index (χ2n) is 4.59. The van der Waals surface area contributed by atoms with E-state index in [0.29, 0.717) is 11.8 Å². The van der Waals surface area contributed by atoms with E-state index >= 15 is 0 Å². The zero-order chi connectivity index (χ0) is 14.5. The molecule has 0 aliphatic rings. The summed E-state index contributed by atoms with van der Waals surface area (Å²) in [4.78, 5) is 4.44. The summed E-state index contributed by atoms with van der Waals surface area (Å²) in [6.07, 6.45) is 3.91. The summed E-state index contributed by atoms with van der Waals surface area (Å²) in [5.74, 6) is 3.36. The summed E-state index contributed by atoms with van der Waals surface area (Å²) in [5.41, 5.74) is 0. The Morgan fingerprint density at radius 1 is 1.25 bits per heavy atom. The highest BCUT2D eigenvalue weighted by Gasteiger charge is 2.11. The number of aromatic nitrogens is 1. The van der Waals surface area contributed by atoms with Crippen molar-refractivity contribution in [3.8, 4) is 11.5 Å². The number of hydrogen-bond donors (Lipinski definition) is 1. The van der Waals surface area contributed by atoms with E-state index < -0.39 is 0 Å². The molecule has 1 heterocycles. The van der Waals surface area contributed by atoms with Crippen LogP contribution in [0.3, 0.4) is 0 Å². The number of pyridine rings is 1. The minimum absolute atomic E-state index is 0.358. The monoisotopic (exact) mass is 292 g/mol. The minimum Gasteiger partial charge on any atom is -0.493 e. The lowest BCUT2D eigenvalue weighted by atomic mass is 10.1. The van der Waals surface area contributed by atoms with Gasteiger partial charge >= 0.3 is 0 Å². The van der Waals surface area contributed by atoms with Crippen LogP contribution in [0.25, 0.3) is 10.8 Å². The van der Waals surface area contributed by atoms with Crippen LogP contribution < -0.4 is 14.8 Å². The molecule has 1 aromatic heterocycles. The van der Waals surface area contributed by atoms with Crippen LogP contribution in [0.1, 0.15) is 6.92 Å². The number of fused-ring (bicyclic) bond motifs is 1. The fourth-order valence-electron chi connectivity index (χ4n) is 2.14.